The molecule has 0 radical (unpaired) electrons. The monoisotopic (exact) mass is 200 g/mol. The molecule has 0 unspecified atom stereocenters. The molecule has 0 atom stereocenters. The summed E-state index contributed by atoms with van der Waals surface area (Å²) in [6.45, 7) is 2.70. The normalized spacial score (nSPS) is 9.86. The third kappa shape index (κ3) is 6.46. The summed E-state index contributed by atoms with van der Waals surface area (Å²) in [4.78, 5) is 23.4. The van der Waals surface area contributed by atoms with Gasteiger partial charge in [0.15, 0.2) is 0 Å². The average molecular weight is 200 g/mol. The van der Waals surface area contributed by atoms with Gasteiger partial charge in [0, 0.05) is 26.4 Å². The zero-order chi connectivity index (χ0) is 11.0. The average Bonchev–Trinajstić information content (AvgIpc) is 2.12. The quantitative estimate of drug-likeness (QED) is 0.621. The molecule has 0 saturated heterocycles. The molecule has 4 heteroatoms. The third-order valence-electron chi connectivity index (χ3n) is 2.06. The van der Waals surface area contributed by atoms with E-state index >= 15 is 0 Å². The van der Waals surface area contributed by atoms with Crippen molar-refractivity contribution in [2.75, 3.05) is 13.6 Å². The molecule has 0 aromatic heterocycles. The molecule has 82 valence electrons. The van der Waals surface area contributed by atoms with Gasteiger partial charge in [-0.15, -0.1) is 0 Å². The van der Waals surface area contributed by atoms with Crippen molar-refractivity contribution >= 4 is 11.8 Å². The summed E-state index contributed by atoms with van der Waals surface area (Å²) in [5.41, 5.74) is 5.00. The molecular formula is C10H20N2O2. The fourth-order valence-electron chi connectivity index (χ4n) is 1.18. The second-order valence-electron chi connectivity index (χ2n) is 3.49. The lowest BCUT2D eigenvalue weighted by Gasteiger charge is -2.16. The molecule has 2 amide bonds. The van der Waals surface area contributed by atoms with Crippen molar-refractivity contribution in [2.24, 2.45) is 5.73 Å². The number of nitrogens with two attached hydrogens (primary N) is 1. The molecule has 0 rings (SSSR count). The van der Waals surface area contributed by atoms with Crippen LogP contribution in [0.2, 0.25) is 0 Å². The summed E-state index contributed by atoms with van der Waals surface area (Å²) in [5, 5.41) is 0. The van der Waals surface area contributed by atoms with Gasteiger partial charge in [-0.05, 0) is 19.3 Å². The summed E-state index contributed by atoms with van der Waals surface area (Å²) in [6.07, 6.45) is 3.50. The van der Waals surface area contributed by atoms with Gasteiger partial charge < -0.3 is 10.6 Å². The molecule has 0 aliphatic heterocycles. The van der Waals surface area contributed by atoms with Crippen LogP contribution in [-0.2, 0) is 9.59 Å². The van der Waals surface area contributed by atoms with Gasteiger partial charge in [-0.2, -0.15) is 0 Å². The first kappa shape index (κ1) is 12.9. The molecule has 0 aromatic rings. The molecule has 0 fully saturated rings. The molecule has 0 spiro atoms. The van der Waals surface area contributed by atoms with E-state index in [0.717, 1.165) is 19.3 Å². The second kappa shape index (κ2) is 7.35. The van der Waals surface area contributed by atoms with Gasteiger partial charge in [-0.1, -0.05) is 6.92 Å². The minimum atomic E-state index is -0.271. The van der Waals surface area contributed by atoms with E-state index < -0.39 is 0 Å². The molecule has 0 saturated carbocycles. The molecule has 0 aromatic carbocycles. The zero-order valence-electron chi connectivity index (χ0n) is 9.08. The Bertz CT molecular complexity index is 193. The van der Waals surface area contributed by atoms with E-state index in [4.69, 9.17) is 5.73 Å². The van der Waals surface area contributed by atoms with E-state index in [1.165, 1.54) is 0 Å². The standard InChI is InChI=1S/C10H20N2O2/c1-3-6-10(14)12(2)8-5-4-7-9(11)13/h3-8H2,1-2H3,(H2,11,13). The van der Waals surface area contributed by atoms with Crippen molar-refractivity contribution in [1.29, 1.82) is 0 Å². The van der Waals surface area contributed by atoms with Gasteiger partial charge >= 0.3 is 0 Å². The third-order valence-corrected chi connectivity index (χ3v) is 2.06. The molecule has 0 bridgehead atoms. The molecular weight excluding hydrogens is 180 g/mol. The molecule has 4 nitrogen and oxygen atoms in total. The van der Waals surface area contributed by atoms with Crippen LogP contribution in [0.4, 0.5) is 0 Å². The zero-order valence-corrected chi connectivity index (χ0v) is 9.08. The first-order valence-electron chi connectivity index (χ1n) is 5.10. The Balaban J connectivity index is 3.48. The minimum absolute atomic E-state index is 0.173. The topological polar surface area (TPSA) is 63.4 Å². The van der Waals surface area contributed by atoms with Crippen LogP contribution in [0.15, 0.2) is 0 Å². The number of hydrogen-bond donors (Lipinski definition) is 1. The Morgan fingerprint density at radius 3 is 2.36 bits per heavy atom. The van der Waals surface area contributed by atoms with Crippen LogP contribution in [-0.4, -0.2) is 30.3 Å². The molecule has 14 heavy (non-hydrogen) atoms. The first-order chi connectivity index (χ1) is 6.57. The number of primary amides is 1. The van der Waals surface area contributed by atoms with Crippen molar-refractivity contribution in [2.45, 2.75) is 39.0 Å². The summed E-state index contributed by atoms with van der Waals surface area (Å²) in [7, 11) is 1.79. The van der Waals surface area contributed by atoms with E-state index in [1.54, 1.807) is 11.9 Å². The van der Waals surface area contributed by atoms with Crippen LogP contribution >= 0.6 is 0 Å². The number of carbonyl (C=O) groups excluding carboxylic acids is 2. The van der Waals surface area contributed by atoms with Crippen molar-refractivity contribution in [3.63, 3.8) is 0 Å². The number of hydrogen-bond acceptors (Lipinski definition) is 2. The highest BCUT2D eigenvalue weighted by atomic mass is 16.2. The van der Waals surface area contributed by atoms with Crippen molar-refractivity contribution in [3.8, 4) is 0 Å². The number of unbranched alkanes of at least 4 members (excludes halogenated alkanes) is 1. The number of carbonyl (C=O) groups is 2. The second-order valence-corrected chi connectivity index (χ2v) is 3.49. The first-order valence-corrected chi connectivity index (χ1v) is 5.10. The van der Waals surface area contributed by atoms with Crippen LogP contribution in [0.5, 0.6) is 0 Å². The van der Waals surface area contributed by atoms with Crippen LogP contribution in [0.1, 0.15) is 39.0 Å². The smallest absolute Gasteiger partial charge is 0.222 e. The van der Waals surface area contributed by atoms with Gasteiger partial charge in [-0.25, -0.2) is 0 Å². The van der Waals surface area contributed by atoms with Crippen LogP contribution in [0, 0.1) is 0 Å². The fourth-order valence-corrected chi connectivity index (χ4v) is 1.18. The number of nitrogens with zero attached hydrogens (tertiary/aromatic N) is 1. The van der Waals surface area contributed by atoms with Gasteiger partial charge in [0.25, 0.3) is 0 Å². The molecule has 2 N–H and O–H groups in total. The summed E-state index contributed by atoms with van der Waals surface area (Å²) in [6, 6.07) is 0. The summed E-state index contributed by atoms with van der Waals surface area (Å²) in [5.74, 6) is -0.0980. The van der Waals surface area contributed by atoms with Gasteiger partial charge in [0.2, 0.25) is 11.8 Å². The van der Waals surface area contributed by atoms with Crippen LogP contribution in [0.25, 0.3) is 0 Å². The van der Waals surface area contributed by atoms with Crippen LogP contribution < -0.4 is 5.73 Å². The van der Waals surface area contributed by atoms with Crippen molar-refractivity contribution in [1.82, 2.24) is 4.90 Å². The Kier molecular flexibility index (Phi) is 6.80. The maximum atomic E-state index is 11.3. The molecule has 0 aliphatic rings. The SMILES string of the molecule is CCCC(=O)N(C)CCCCC(N)=O. The predicted molar refractivity (Wildman–Crippen MR) is 55.6 cm³/mol. The largest absolute Gasteiger partial charge is 0.370 e. The van der Waals surface area contributed by atoms with Gasteiger partial charge in [-0.3, -0.25) is 9.59 Å². The summed E-state index contributed by atoms with van der Waals surface area (Å²) >= 11 is 0. The van der Waals surface area contributed by atoms with E-state index in [0.29, 0.717) is 19.4 Å². The predicted octanol–water partition coefficient (Wildman–Crippen LogP) is 0.901. The number of rotatable bonds is 7. The Morgan fingerprint density at radius 2 is 1.86 bits per heavy atom. The maximum Gasteiger partial charge on any atom is 0.222 e. The maximum absolute atomic E-state index is 11.3. The highest BCUT2D eigenvalue weighted by Crippen LogP contribution is 2.00. The van der Waals surface area contributed by atoms with E-state index in [2.05, 4.69) is 0 Å². The number of amides is 2. The molecule has 0 heterocycles. The lowest BCUT2D eigenvalue weighted by atomic mass is 10.2. The lowest BCUT2D eigenvalue weighted by molar-refractivity contribution is -0.129. The van der Waals surface area contributed by atoms with Gasteiger partial charge in [0.1, 0.15) is 0 Å². The molecule has 0 aliphatic carbocycles. The van der Waals surface area contributed by atoms with Gasteiger partial charge in [0.05, 0.1) is 0 Å². The van der Waals surface area contributed by atoms with Crippen LogP contribution in [0.3, 0.4) is 0 Å². The van der Waals surface area contributed by atoms with Crippen molar-refractivity contribution in [3.05, 3.63) is 0 Å². The van der Waals surface area contributed by atoms with Crippen molar-refractivity contribution < 1.29 is 9.59 Å². The Labute approximate surface area is 85.4 Å². The minimum Gasteiger partial charge on any atom is -0.370 e. The van der Waals surface area contributed by atoms with E-state index in [1.807, 2.05) is 6.92 Å². The highest BCUT2D eigenvalue weighted by Gasteiger charge is 2.06. The van der Waals surface area contributed by atoms with E-state index in [-0.39, 0.29) is 11.8 Å². The van der Waals surface area contributed by atoms with E-state index in [9.17, 15) is 9.59 Å². The fraction of sp³-hybridized carbons (Fsp3) is 0.800. The Morgan fingerprint density at radius 1 is 1.21 bits per heavy atom. The lowest BCUT2D eigenvalue weighted by Crippen LogP contribution is -2.27. The Hall–Kier alpha value is -1.06. The summed E-state index contributed by atoms with van der Waals surface area (Å²) < 4.78 is 0. The highest BCUT2D eigenvalue weighted by molar-refractivity contribution is 5.75.